The molecule has 0 fully saturated rings. The summed E-state index contributed by atoms with van der Waals surface area (Å²) in [6.07, 6.45) is 5.19. The first-order chi connectivity index (χ1) is 5.05. The van der Waals surface area contributed by atoms with Gasteiger partial charge in [-0.3, -0.25) is 4.79 Å². The van der Waals surface area contributed by atoms with Crippen LogP contribution < -0.4 is 0 Å². The minimum atomic E-state index is -0.717. The van der Waals surface area contributed by atoms with Crippen molar-refractivity contribution in [1.29, 1.82) is 0 Å². The molecule has 0 unspecified atom stereocenters. The Hall–Kier alpha value is -0.790. The van der Waals surface area contributed by atoms with E-state index in [9.17, 15) is 4.79 Å². The molecule has 1 rings (SSSR count). The number of hydrogen-bond acceptors (Lipinski definition) is 1. The molecule has 0 aliphatic heterocycles. The first-order valence-corrected chi connectivity index (χ1v) is 3.98. The van der Waals surface area contributed by atoms with Gasteiger partial charge >= 0.3 is 5.97 Å². The number of hydrogen-bond donors (Lipinski definition) is 1. The van der Waals surface area contributed by atoms with E-state index in [0.29, 0.717) is 0 Å². The van der Waals surface area contributed by atoms with E-state index >= 15 is 0 Å². The first-order valence-electron chi connectivity index (χ1n) is 3.98. The Bertz CT molecular complexity index is 202. The largest absolute Gasteiger partial charge is 0.481 e. The lowest BCUT2D eigenvalue weighted by Gasteiger charge is -2.20. The fraction of sp³-hybridized carbons (Fsp3) is 0.667. The van der Waals surface area contributed by atoms with E-state index in [2.05, 4.69) is 6.08 Å². The third-order valence-electron chi connectivity index (χ3n) is 2.38. The predicted octanol–water partition coefficient (Wildman–Crippen LogP) is 2.21. The molecule has 11 heavy (non-hydrogen) atoms. The molecule has 0 saturated carbocycles. The molecule has 0 heterocycles. The van der Waals surface area contributed by atoms with Gasteiger partial charge in [0.15, 0.2) is 0 Å². The van der Waals surface area contributed by atoms with Crippen LogP contribution in [0.1, 0.15) is 33.1 Å². The van der Waals surface area contributed by atoms with Crippen LogP contribution in [0.5, 0.6) is 0 Å². The first kappa shape index (κ1) is 8.31. The Morgan fingerprint density at radius 2 is 2.27 bits per heavy atom. The number of carboxylic acids is 1. The van der Waals surface area contributed by atoms with E-state index in [1.165, 1.54) is 0 Å². The van der Waals surface area contributed by atoms with Crippen LogP contribution in [0.2, 0.25) is 0 Å². The van der Waals surface area contributed by atoms with E-state index in [-0.39, 0.29) is 0 Å². The third-order valence-corrected chi connectivity index (χ3v) is 2.38. The van der Waals surface area contributed by atoms with Crippen molar-refractivity contribution in [3.63, 3.8) is 0 Å². The normalized spacial score (nSPS) is 18.2. The van der Waals surface area contributed by atoms with Gasteiger partial charge in [-0.1, -0.05) is 11.6 Å². The Morgan fingerprint density at radius 3 is 2.64 bits per heavy atom. The van der Waals surface area contributed by atoms with Crippen molar-refractivity contribution >= 4 is 5.97 Å². The van der Waals surface area contributed by atoms with Gasteiger partial charge < -0.3 is 5.11 Å². The average molecular weight is 154 g/mol. The van der Waals surface area contributed by atoms with E-state index in [1.807, 2.05) is 0 Å². The van der Waals surface area contributed by atoms with Gasteiger partial charge in [-0.25, -0.2) is 0 Å². The zero-order chi connectivity index (χ0) is 8.48. The minimum Gasteiger partial charge on any atom is -0.481 e. The number of allylic oxidation sites excluding steroid dienone is 1. The molecule has 1 aliphatic carbocycles. The van der Waals surface area contributed by atoms with Crippen molar-refractivity contribution in [3.05, 3.63) is 11.6 Å². The second-order valence-electron chi connectivity index (χ2n) is 3.55. The van der Waals surface area contributed by atoms with Gasteiger partial charge in [-0.15, -0.1) is 0 Å². The maximum atomic E-state index is 10.8. The van der Waals surface area contributed by atoms with Crippen LogP contribution >= 0.6 is 0 Å². The summed E-state index contributed by atoms with van der Waals surface area (Å²) in [5, 5.41) is 8.86. The summed E-state index contributed by atoms with van der Waals surface area (Å²) in [5.41, 5.74) is 0.446. The molecule has 0 amide bonds. The molecule has 0 spiro atoms. The topological polar surface area (TPSA) is 37.3 Å². The number of rotatable bonds is 2. The highest BCUT2D eigenvalue weighted by atomic mass is 16.4. The average Bonchev–Trinajstić information content (AvgIpc) is 2.37. The lowest BCUT2D eigenvalue weighted by molar-refractivity contribution is -0.144. The second-order valence-corrected chi connectivity index (χ2v) is 3.55. The van der Waals surface area contributed by atoms with Gasteiger partial charge in [0.2, 0.25) is 0 Å². The van der Waals surface area contributed by atoms with Gasteiger partial charge in [-0.05, 0) is 33.1 Å². The zero-order valence-corrected chi connectivity index (χ0v) is 7.05. The van der Waals surface area contributed by atoms with Crippen LogP contribution in [0, 0.1) is 5.41 Å². The molecule has 0 aromatic carbocycles. The monoisotopic (exact) mass is 154 g/mol. The molecule has 2 heteroatoms. The minimum absolute atomic E-state index is 0.642. The highest BCUT2D eigenvalue weighted by Crippen LogP contribution is 2.34. The Balaban J connectivity index is 2.79. The standard InChI is InChI=1S/C9H14O2/c1-9(2,8(10)11)7-5-3-4-6-7/h5H,3-4,6H2,1-2H3,(H,10,11). The Morgan fingerprint density at radius 1 is 1.64 bits per heavy atom. The van der Waals surface area contributed by atoms with Crippen LogP contribution in [0.15, 0.2) is 11.6 Å². The molecular formula is C9H14O2. The number of aliphatic carboxylic acids is 1. The summed E-state index contributed by atoms with van der Waals surface area (Å²) in [4.78, 5) is 10.8. The molecule has 0 aromatic heterocycles. The molecule has 0 aromatic rings. The summed E-state index contributed by atoms with van der Waals surface area (Å²) in [7, 11) is 0. The summed E-state index contributed by atoms with van der Waals surface area (Å²) < 4.78 is 0. The summed E-state index contributed by atoms with van der Waals surface area (Å²) >= 11 is 0. The molecule has 0 radical (unpaired) electrons. The van der Waals surface area contributed by atoms with Crippen LogP contribution in [0.25, 0.3) is 0 Å². The third kappa shape index (κ3) is 1.44. The number of carbonyl (C=O) groups is 1. The fourth-order valence-electron chi connectivity index (χ4n) is 1.38. The Kier molecular flexibility index (Phi) is 2.03. The summed E-state index contributed by atoms with van der Waals surface area (Å²) in [6, 6.07) is 0. The van der Waals surface area contributed by atoms with Gasteiger partial charge in [0, 0.05) is 0 Å². The molecule has 2 nitrogen and oxygen atoms in total. The van der Waals surface area contributed by atoms with Crippen molar-refractivity contribution in [2.24, 2.45) is 5.41 Å². The van der Waals surface area contributed by atoms with Crippen LogP contribution in [0.4, 0.5) is 0 Å². The smallest absolute Gasteiger partial charge is 0.313 e. The molecule has 0 bridgehead atoms. The lowest BCUT2D eigenvalue weighted by atomic mass is 9.84. The van der Waals surface area contributed by atoms with Gasteiger partial charge in [-0.2, -0.15) is 0 Å². The second kappa shape index (κ2) is 2.68. The lowest BCUT2D eigenvalue weighted by Crippen LogP contribution is -2.25. The van der Waals surface area contributed by atoms with E-state index in [1.54, 1.807) is 13.8 Å². The van der Waals surface area contributed by atoms with Crippen LogP contribution in [0.3, 0.4) is 0 Å². The van der Waals surface area contributed by atoms with Crippen LogP contribution in [-0.2, 0) is 4.79 Å². The van der Waals surface area contributed by atoms with Crippen LogP contribution in [-0.4, -0.2) is 11.1 Å². The summed E-state index contributed by atoms with van der Waals surface area (Å²) in [6.45, 7) is 3.54. The quantitative estimate of drug-likeness (QED) is 0.619. The molecule has 0 saturated heterocycles. The highest BCUT2D eigenvalue weighted by molar-refractivity contribution is 5.77. The highest BCUT2D eigenvalue weighted by Gasteiger charge is 2.32. The summed E-state index contributed by atoms with van der Waals surface area (Å²) in [5.74, 6) is -0.717. The van der Waals surface area contributed by atoms with Gasteiger partial charge in [0.25, 0.3) is 0 Å². The van der Waals surface area contributed by atoms with Gasteiger partial charge in [0.05, 0.1) is 5.41 Å². The molecule has 62 valence electrons. The molecule has 1 aliphatic rings. The maximum absolute atomic E-state index is 10.8. The zero-order valence-electron chi connectivity index (χ0n) is 7.05. The van der Waals surface area contributed by atoms with Crippen molar-refractivity contribution in [2.75, 3.05) is 0 Å². The SMILES string of the molecule is CC(C)(C(=O)O)C1=CCCC1. The fourth-order valence-corrected chi connectivity index (χ4v) is 1.38. The van der Waals surface area contributed by atoms with E-state index in [4.69, 9.17) is 5.11 Å². The van der Waals surface area contributed by atoms with Crippen molar-refractivity contribution in [1.82, 2.24) is 0 Å². The predicted molar refractivity (Wildman–Crippen MR) is 43.4 cm³/mol. The molecule has 1 N–H and O–H groups in total. The molecule has 0 atom stereocenters. The van der Waals surface area contributed by atoms with E-state index in [0.717, 1.165) is 24.8 Å². The maximum Gasteiger partial charge on any atom is 0.313 e. The van der Waals surface area contributed by atoms with Gasteiger partial charge in [0.1, 0.15) is 0 Å². The van der Waals surface area contributed by atoms with Crippen molar-refractivity contribution < 1.29 is 9.90 Å². The van der Waals surface area contributed by atoms with Crippen molar-refractivity contribution in [2.45, 2.75) is 33.1 Å². The molecular weight excluding hydrogens is 140 g/mol. The Labute approximate surface area is 66.9 Å². The van der Waals surface area contributed by atoms with E-state index < -0.39 is 11.4 Å². The van der Waals surface area contributed by atoms with Crippen molar-refractivity contribution in [3.8, 4) is 0 Å². The number of carboxylic acid groups (broad SMARTS) is 1.